The van der Waals surface area contributed by atoms with Crippen LogP contribution in [-0.4, -0.2) is 50.4 Å². The third-order valence-corrected chi connectivity index (χ3v) is 5.56. The number of hydrogen-bond acceptors (Lipinski definition) is 4. The van der Waals surface area contributed by atoms with E-state index in [-0.39, 0.29) is 0 Å². The molecule has 2 aliphatic carbocycles. The zero-order valence-corrected chi connectivity index (χ0v) is 12.6. The molecule has 1 N–H and O–H groups in total. The Kier molecular flexibility index (Phi) is 1.65. The lowest BCUT2D eigenvalue weighted by molar-refractivity contribution is -0.0453. The van der Waals surface area contributed by atoms with Crippen molar-refractivity contribution in [3.05, 3.63) is 35.4 Å². The van der Waals surface area contributed by atoms with Crippen LogP contribution in [0.25, 0.3) is 0 Å². The molecule has 0 aromatic heterocycles. The number of aliphatic hydroxyl groups is 1. The molecule has 5 atom stereocenters. The van der Waals surface area contributed by atoms with E-state index in [0.717, 1.165) is 0 Å². The highest BCUT2D eigenvalue weighted by Crippen LogP contribution is 2.62. The summed E-state index contributed by atoms with van der Waals surface area (Å²) in [4.78, 5) is 1.89. The van der Waals surface area contributed by atoms with Crippen LogP contribution in [0.2, 0.25) is 0 Å². The lowest BCUT2D eigenvalue weighted by atomic mass is 9.53. The minimum Gasteiger partial charge on any atom is -0.493 e. The van der Waals surface area contributed by atoms with Crippen molar-refractivity contribution in [1.29, 1.82) is 1.43 Å². The van der Waals surface area contributed by atoms with Gasteiger partial charge in [0.1, 0.15) is 12.2 Å². The van der Waals surface area contributed by atoms with Crippen molar-refractivity contribution in [2.45, 2.75) is 36.4 Å². The largest absolute Gasteiger partial charge is 0.493 e. The molecule has 2 unspecified atom stereocenters. The number of likely N-dealkylation sites (tertiary alicyclic amines) is 1. The van der Waals surface area contributed by atoms with Gasteiger partial charge in [0, 0.05) is 27.0 Å². The maximum Gasteiger partial charge on any atom is 0.211 e. The third kappa shape index (κ3) is 1.28. The first-order chi connectivity index (χ1) is 12.7. The van der Waals surface area contributed by atoms with Gasteiger partial charge in [0.05, 0.1) is 8.48 Å². The quantitative estimate of drug-likeness (QED) is 0.841. The van der Waals surface area contributed by atoms with Crippen molar-refractivity contribution in [3.8, 4) is 11.5 Å². The fourth-order valence-corrected chi connectivity index (χ4v) is 4.55. The molecule has 2 heterocycles. The molecule has 2 aliphatic heterocycles. The number of likely N-dealkylation sites (N-methyl/N-ethyl adjacent to an activating group) is 1. The summed E-state index contributed by atoms with van der Waals surface area (Å²) in [6.45, 7) is 0.558. The maximum absolute atomic E-state index is 9.45. The molecule has 1 fully saturated rings. The normalized spacial score (nSPS) is 53.3. The first-order valence-corrected chi connectivity index (χ1v) is 7.61. The zero-order chi connectivity index (χ0) is 19.4. The van der Waals surface area contributed by atoms with E-state index >= 15 is 0 Å². The van der Waals surface area contributed by atoms with Gasteiger partial charge in [-0.05, 0) is 38.0 Å². The third-order valence-electron chi connectivity index (χ3n) is 5.56. The zero-order valence-electron chi connectivity index (χ0n) is 17.6. The second-order valence-electron chi connectivity index (χ2n) is 6.46. The molecule has 1 aromatic carbocycles. The Labute approximate surface area is 137 Å². The van der Waals surface area contributed by atoms with Gasteiger partial charge in [-0.1, -0.05) is 18.2 Å². The van der Waals surface area contributed by atoms with Crippen LogP contribution < -0.4 is 9.47 Å². The predicted molar refractivity (Wildman–Crippen MR) is 82.5 cm³/mol. The van der Waals surface area contributed by atoms with Gasteiger partial charge in [-0.15, -0.1) is 0 Å². The van der Waals surface area contributed by atoms with Crippen LogP contribution in [0.4, 0.5) is 0 Å². The van der Waals surface area contributed by atoms with E-state index in [1.807, 2.05) is 11.9 Å². The number of hydrogen-bond donors (Lipinski definition) is 1. The van der Waals surface area contributed by atoms with E-state index in [0.29, 0.717) is 35.6 Å². The van der Waals surface area contributed by atoms with Crippen molar-refractivity contribution in [1.82, 2.24) is 4.90 Å². The SMILES string of the molecule is [2H]OC1([2H])C=C[C@@]2([2H])[C@@H]3N(C)CC[C@@]24c2c(ccc(OC)c2OC14)C3([2H])[2H]. The van der Waals surface area contributed by atoms with E-state index in [1.165, 1.54) is 13.2 Å². The number of benzene rings is 1. The van der Waals surface area contributed by atoms with Gasteiger partial charge in [-0.3, -0.25) is 0 Å². The highest BCUT2D eigenvalue weighted by Gasteiger charge is 2.64. The van der Waals surface area contributed by atoms with Crippen LogP contribution >= 0.6 is 0 Å². The summed E-state index contributed by atoms with van der Waals surface area (Å²) in [5.41, 5.74) is 0.101. The molecule has 1 spiro atoms. The maximum atomic E-state index is 9.45. The molecule has 4 aliphatic rings. The minimum absolute atomic E-state index is 0.376. The summed E-state index contributed by atoms with van der Waals surface area (Å²) in [6, 6.07) is 2.64. The van der Waals surface area contributed by atoms with Crippen LogP contribution in [0, 0.1) is 5.89 Å². The molecule has 22 heavy (non-hydrogen) atoms. The van der Waals surface area contributed by atoms with Crippen LogP contribution in [0.1, 0.15) is 23.0 Å². The lowest BCUT2D eigenvalue weighted by Crippen LogP contribution is -2.64. The Balaban J connectivity index is 1.93. The Bertz CT molecular complexity index is 879. The summed E-state index contributed by atoms with van der Waals surface area (Å²) in [5, 5.41) is 4.79. The predicted octanol–water partition coefficient (Wildman–Crippen LogP) is 1.50. The number of piperidine rings is 1. The van der Waals surface area contributed by atoms with Crippen molar-refractivity contribution in [2.75, 3.05) is 20.7 Å². The molecule has 0 amide bonds. The van der Waals surface area contributed by atoms with Crippen molar-refractivity contribution in [3.63, 3.8) is 0 Å². The Morgan fingerprint density at radius 1 is 1.55 bits per heavy atom. The van der Waals surface area contributed by atoms with Crippen LogP contribution in [0.3, 0.4) is 0 Å². The molecule has 5 rings (SSSR count). The van der Waals surface area contributed by atoms with Crippen LogP contribution in [0.15, 0.2) is 24.3 Å². The first-order valence-electron chi connectivity index (χ1n) is 10.0. The fraction of sp³-hybridized carbons (Fsp3) is 0.556. The van der Waals surface area contributed by atoms with Gasteiger partial charge in [0.15, 0.2) is 11.5 Å². The van der Waals surface area contributed by atoms with Gasteiger partial charge in [0.25, 0.3) is 0 Å². The standard InChI is InChI=1S/C18H21NO3/c1-19-8-7-18-11-4-5-13(20)17(18)22-16-14(21-2)6-3-10(15(16)18)9-12(11)19/h3-6,11-13,17,20H,7-9H2,1-2H3/t11-,12+,13?,17?,18-/m0/s1/i9D2,11D,13D,20D. The van der Waals surface area contributed by atoms with E-state index < -0.39 is 35.9 Å². The van der Waals surface area contributed by atoms with Gasteiger partial charge in [0.2, 0.25) is 1.43 Å². The van der Waals surface area contributed by atoms with Gasteiger partial charge in [-0.2, -0.15) is 0 Å². The van der Waals surface area contributed by atoms with Crippen LogP contribution in [-0.2, 0) is 11.8 Å². The second-order valence-corrected chi connectivity index (χ2v) is 6.46. The summed E-state index contributed by atoms with van der Waals surface area (Å²) in [6.07, 6.45) is -1.06. The van der Waals surface area contributed by atoms with E-state index in [1.54, 1.807) is 18.2 Å². The number of rotatable bonds is 2. The summed E-state index contributed by atoms with van der Waals surface area (Å²) in [7, 11) is 3.35. The Morgan fingerprint density at radius 3 is 3.27 bits per heavy atom. The van der Waals surface area contributed by atoms with Gasteiger partial charge in [-0.25, -0.2) is 0 Å². The molecule has 1 saturated heterocycles. The van der Waals surface area contributed by atoms with Crippen molar-refractivity contribution < 1.29 is 20.1 Å². The topological polar surface area (TPSA) is 41.9 Å². The molecule has 2 bridgehead atoms. The number of methoxy groups -OCH3 is 1. The molecule has 4 nitrogen and oxygen atoms in total. The number of nitrogens with zero attached hydrogens (tertiary/aromatic N) is 1. The molecule has 116 valence electrons. The van der Waals surface area contributed by atoms with Crippen molar-refractivity contribution >= 4 is 0 Å². The smallest absolute Gasteiger partial charge is 0.211 e. The number of ether oxygens (including phenoxy) is 2. The molecule has 4 heteroatoms. The highest BCUT2D eigenvalue weighted by atomic mass is 16.5. The first kappa shape index (κ1) is 8.94. The molecular weight excluding hydrogens is 278 g/mol. The molecule has 0 saturated carbocycles. The van der Waals surface area contributed by atoms with E-state index in [4.69, 9.17) is 20.1 Å². The van der Waals surface area contributed by atoms with Gasteiger partial charge >= 0.3 is 0 Å². The molecule has 1 aromatic rings. The fourth-order valence-electron chi connectivity index (χ4n) is 4.55. The molecular formula is C18H21NO3. The van der Waals surface area contributed by atoms with E-state index in [9.17, 15) is 1.37 Å². The summed E-state index contributed by atoms with van der Waals surface area (Å²) >= 11 is 0. The second kappa shape index (κ2) is 4.06. The Morgan fingerprint density at radius 2 is 2.45 bits per heavy atom. The summed E-state index contributed by atoms with van der Waals surface area (Å²) < 4.78 is 55.1. The Hall–Kier alpha value is -1.52. The molecule has 0 radical (unpaired) electrons. The lowest BCUT2D eigenvalue weighted by Gasteiger charge is -2.56. The summed E-state index contributed by atoms with van der Waals surface area (Å²) in [5.74, 6) is -0.539. The van der Waals surface area contributed by atoms with Crippen molar-refractivity contribution in [2.24, 2.45) is 5.89 Å². The average Bonchev–Trinajstić information content (AvgIpc) is 2.99. The monoisotopic (exact) mass is 304 g/mol. The average molecular weight is 304 g/mol. The minimum atomic E-state index is -1.79. The van der Waals surface area contributed by atoms with Crippen LogP contribution in [0.5, 0.6) is 11.5 Å². The highest BCUT2D eigenvalue weighted by molar-refractivity contribution is 5.62. The van der Waals surface area contributed by atoms with Gasteiger partial charge < -0.3 is 19.5 Å². The van der Waals surface area contributed by atoms with E-state index in [2.05, 4.69) is 0 Å².